The first-order valence-corrected chi connectivity index (χ1v) is 5.61. The van der Waals surface area contributed by atoms with E-state index in [4.69, 9.17) is 5.11 Å². The second-order valence-electron chi connectivity index (χ2n) is 3.75. The summed E-state index contributed by atoms with van der Waals surface area (Å²) in [5.41, 5.74) is 2.27. The molecule has 0 saturated heterocycles. The fraction of sp³-hybridized carbons (Fsp3) is 0.0625. The van der Waals surface area contributed by atoms with Crippen molar-refractivity contribution in [3.8, 4) is 0 Å². The monoisotopic (exact) mass is 240 g/mol. The molecule has 2 rings (SSSR count). The summed E-state index contributed by atoms with van der Waals surface area (Å²) >= 11 is 0. The lowest BCUT2D eigenvalue weighted by molar-refractivity contribution is 0.0696. The Morgan fingerprint density at radius 2 is 1.61 bits per heavy atom. The van der Waals surface area contributed by atoms with Gasteiger partial charge in [0.1, 0.15) is 0 Å². The molecule has 0 aliphatic rings. The minimum Gasteiger partial charge on any atom is -0.478 e. The van der Waals surface area contributed by atoms with Gasteiger partial charge < -0.3 is 5.11 Å². The van der Waals surface area contributed by atoms with Crippen LogP contribution in [-0.4, -0.2) is 11.1 Å². The zero-order valence-corrected chi connectivity index (χ0v) is 10.3. The van der Waals surface area contributed by atoms with E-state index >= 15 is 0 Å². The van der Waals surface area contributed by atoms with Crippen molar-refractivity contribution in [3.63, 3.8) is 0 Å². The van der Waals surface area contributed by atoms with Crippen molar-refractivity contribution in [2.75, 3.05) is 0 Å². The molecule has 0 heterocycles. The van der Waals surface area contributed by atoms with E-state index in [9.17, 15) is 4.79 Å². The Hall–Kier alpha value is -2.35. The maximum absolute atomic E-state index is 10.5. The molecule has 0 aromatic heterocycles. The highest BCUT2D eigenvalue weighted by Gasteiger charge is 2.04. The molecule has 0 saturated carbocycles. The molecule has 18 heavy (non-hydrogen) atoms. The number of benzene rings is 2. The van der Waals surface area contributed by atoms with Gasteiger partial charge in [0.15, 0.2) is 0 Å². The van der Waals surface area contributed by atoms with Gasteiger partial charge in [0.05, 0.1) is 5.56 Å². The molecule has 92 valence electrons. The Labute approximate surface area is 107 Å². The summed E-state index contributed by atoms with van der Waals surface area (Å²) < 4.78 is 0. The van der Waals surface area contributed by atoms with E-state index in [1.165, 1.54) is 11.6 Å². The van der Waals surface area contributed by atoms with Crippen molar-refractivity contribution in [1.82, 2.24) is 0 Å². The standard InChI is InChI=1S/C9H8O2.C7H8/c1-2-7-5-3-4-6-8(7)9(10)11;1-7-5-3-2-4-6-7/h2-6H,1H2,(H,10,11);2-6H,1H3. The van der Waals surface area contributed by atoms with Crippen molar-refractivity contribution in [1.29, 1.82) is 0 Å². The van der Waals surface area contributed by atoms with Crippen LogP contribution >= 0.6 is 0 Å². The SMILES string of the molecule is C=Cc1ccccc1C(=O)O.Cc1ccccc1. The summed E-state index contributed by atoms with van der Waals surface area (Å²) in [6.45, 7) is 5.59. The number of hydrogen-bond acceptors (Lipinski definition) is 1. The van der Waals surface area contributed by atoms with Crippen molar-refractivity contribution in [2.24, 2.45) is 0 Å². The van der Waals surface area contributed by atoms with E-state index in [0.717, 1.165) is 0 Å². The first-order chi connectivity index (χ1) is 8.65. The van der Waals surface area contributed by atoms with Gasteiger partial charge in [0.2, 0.25) is 0 Å². The fourth-order valence-corrected chi connectivity index (χ4v) is 1.40. The number of aromatic carboxylic acids is 1. The highest BCUT2D eigenvalue weighted by molar-refractivity contribution is 5.91. The molecule has 0 radical (unpaired) electrons. The normalized spacial score (nSPS) is 8.94. The van der Waals surface area contributed by atoms with Crippen molar-refractivity contribution >= 4 is 12.0 Å². The van der Waals surface area contributed by atoms with Crippen LogP contribution in [0.4, 0.5) is 0 Å². The van der Waals surface area contributed by atoms with Gasteiger partial charge in [0, 0.05) is 0 Å². The Morgan fingerprint density at radius 1 is 1.06 bits per heavy atom. The van der Waals surface area contributed by atoms with Gasteiger partial charge in [-0.2, -0.15) is 0 Å². The van der Waals surface area contributed by atoms with E-state index in [0.29, 0.717) is 11.1 Å². The smallest absolute Gasteiger partial charge is 0.336 e. The highest BCUT2D eigenvalue weighted by atomic mass is 16.4. The second kappa shape index (κ2) is 7.07. The third-order valence-electron chi connectivity index (χ3n) is 2.35. The number of aryl methyl sites for hydroxylation is 1. The largest absolute Gasteiger partial charge is 0.478 e. The molecule has 0 unspecified atom stereocenters. The second-order valence-corrected chi connectivity index (χ2v) is 3.75. The van der Waals surface area contributed by atoms with Gasteiger partial charge in [-0.15, -0.1) is 0 Å². The van der Waals surface area contributed by atoms with Crippen LogP contribution in [0, 0.1) is 6.92 Å². The van der Waals surface area contributed by atoms with Crippen LogP contribution in [-0.2, 0) is 0 Å². The van der Waals surface area contributed by atoms with E-state index in [-0.39, 0.29) is 0 Å². The fourth-order valence-electron chi connectivity index (χ4n) is 1.40. The minimum absolute atomic E-state index is 0.294. The highest BCUT2D eigenvalue weighted by Crippen LogP contribution is 2.08. The summed E-state index contributed by atoms with van der Waals surface area (Å²) in [4.78, 5) is 10.5. The third kappa shape index (κ3) is 4.26. The summed E-state index contributed by atoms with van der Waals surface area (Å²) in [7, 11) is 0. The van der Waals surface area contributed by atoms with Crippen LogP contribution in [0.3, 0.4) is 0 Å². The quantitative estimate of drug-likeness (QED) is 0.860. The van der Waals surface area contributed by atoms with Crippen LogP contribution in [0.25, 0.3) is 6.08 Å². The van der Waals surface area contributed by atoms with Crippen molar-refractivity contribution in [2.45, 2.75) is 6.92 Å². The van der Waals surface area contributed by atoms with Crippen LogP contribution < -0.4 is 0 Å². The van der Waals surface area contributed by atoms with E-state index in [1.807, 2.05) is 18.2 Å². The molecule has 0 bridgehead atoms. The molecule has 0 fully saturated rings. The Bertz CT molecular complexity index is 516. The molecule has 0 aliphatic heterocycles. The Kier molecular flexibility index (Phi) is 5.39. The predicted octanol–water partition coefficient (Wildman–Crippen LogP) is 4.02. The molecule has 1 N–H and O–H groups in total. The molecular formula is C16H16O2. The first kappa shape index (κ1) is 13.7. The summed E-state index contributed by atoms with van der Waals surface area (Å²) in [5, 5.41) is 8.65. The van der Waals surface area contributed by atoms with Gasteiger partial charge in [-0.25, -0.2) is 4.79 Å². The minimum atomic E-state index is -0.916. The molecule has 2 heteroatoms. The Morgan fingerprint density at radius 3 is 2.00 bits per heavy atom. The molecule has 0 atom stereocenters. The maximum Gasteiger partial charge on any atom is 0.336 e. The van der Waals surface area contributed by atoms with Crippen LogP contribution in [0.1, 0.15) is 21.5 Å². The lowest BCUT2D eigenvalue weighted by Gasteiger charge is -1.97. The molecule has 0 aliphatic carbocycles. The van der Waals surface area contributed by atoms with Crippen LogP contribution in [0.5, 0.6) is 0 Å². The maximum atomic E-state index is 10.5. The van der Waals surface area contributed by atoms with Gasteiger partial charge in [-0.05, 0) is 18.6 Å². The molecule has 2 aromatic rings. The van der Waals surface area contributed by atoms with E-state index in [2.05, 4.69) is 25.6 Å². The van der Waals surface area contributed by atoms with Gasteiger partial charge in [0.25, 0.3) is 0 Å². The lowest BCUT2D eigenvalue weighted by atomic mass is 10.1. The third-order valence-corrected chi connectivity index (χ3v) is 2.35. The number of carboxylic acids is 1. The van der Waals surface area contributed by atoms with E-state index < -0.39 is 5.97 Å². The Balaban J connectivity index is 0.000000199. The van der Waals surface area contributed by atoms with Crippen LogP contribution in [0.2, 0.25) is 0 Å². The average Bonchev–Trinajstić information content (AvgIpc) is 2.40. The topological polar surface area (TPSA) is 37.3 Å². The predicted molar refractivity (Wildman–Crippen MR) is 74.7 cm³/mol. The number of hydrogen-bond donors (Lipinski definition) is 1. The molecular weight excluding hydrogens is 224 g/mol. The summed E-state index contributed by atoms with van der Waals surface area (Å²) in [6, 6.07) is 17.0. The average molecular weight is 240 g/mol. The number of rotatable bonds is 2. The molecule has 2 aromatic carbocycles. The van der Waals surface area contributed by atoms with Gasteiger partial charge in [-0.3, -0.25) is 0 Å². The molecule has 0 amide bonds. The molecule has 0 spiro atoms. The van der Waals surface area contributed by atoms with Gasteiger partial charge in [-0.1, -0.05) is 66.7 Å². The number of carbonyl (C=O) groups is 1. The molecule has 2 nitrogen and oxygen atoms in total. The summed E-state index contributed by atoms with van der Waals surface area (Å²) in [5.74, 6) is -0.916. The lowest BCUT2D eigenvalue weighted by Crippen LogP contribution is -1.98. The zero-order chi connectivity index (χ0) is 13.4. The zero-order valence-electron chi connectivity index (χ0n) is 10.3. The number of carboxylic acid groups (broad SMARTS) is 1. The first-order valence-electron chi connectivity index (χ1n) is 5.61. The van der Waals surface area contributed by atoms with Crippen molar-refractivity contribution in [3.05, 3.63) is 77.9 Å². The van der Waals surface area contributed by atoms with Gasteiger partial charge >= 0.3 is 5.97 Å². The van der Waals surface area contributed by atoms with Crippen LogP contribution in [0.15, 0.2) is 61.2 Å². The van der Waals surface area contributed by atoms with E-state index in [1.54, 1.807) is 24.3 Å². The van der Waals surface area contributed by atoms with Crippen molar-refractivity contribution < 1.29 is 9.90 Å². The summed E-state index contributed by atoms with van der Waals surface area (Å²) in [6.07, 6.45) is 1.53.